The fraction of sp³-hybridized carbons (Fsp3) is 0.857. The molecule has 56 valence electrons. The highest BCUT2D eigenvalue weighted by Gasteiger charge is 2.24. The van der Waals surface area contributed by atoms with Crippen LogP contribution in [0.5, 0.6) is 0 Å². The van der Waals surface area contributed by atoms with E-state index in [9.17, 15) is 0 Å². The van der Waals surface area contributed by atoms with Gasteiger partial charge in [-0.15, -0.1) is 0 Å². The molecular formula is C7H12N2O. The molecule has 0 spiro atoms. The molecule has 3 nitrogen and oxygen atoms in total. The van der Waals surface area contributed by atoms with Crippen molar-refractivity contribution in [3.8, 4) is 0 Å². The fourth-order valence-electron chi connectivity index (χ4n) is 1.53. The second kappa shape index (κ2) is 2.58. The van der Waals surface area contributed by atoms with Gasteiger partial charge in [0.25, 0.3) is 0 Å². The van der Waals surface area contributed by atoms with Gasteiger partial charge in [-0.3, -0.25) is 4.90 Å². The number of likely N-dealkylation sites (tertiary alicyclic amines) is 1. The van der Waals surface area contributed by atoms with Gasteiger partial charge in [-0.1, -0.05) is 5.16 Å². The Morgan fingerprint density at radius 2 is 2.20 bits per heavy atom. The summed E-state index contributed by atoms with van der Waals surface area (Å²) < 4.78 is 0. The van der Waals surface area contributed by atoms with E-state index in [4.69, 9.17) is 4.84 Å². The van der Waals surface area contributed by atoms with E-state index in [2.05, 4.69) is 10.1 Å². The normalized spacial score (nSPS) is 33.0. The highest BCUT2D eigenvalue weighted by molar-refractivity contribution is 5.58. The molecule has 0 radical (unpaired) electrons. The number of rotatable bonds is 1. The van der Waals surface area contributed by atoms with Crippen molar-refractivity contribution in [3.05, 3.63) is 0 Å². The Balaban J connectivity index is 1.87. The van der Waals surface area contributed by atoms with Crippen molar-refractivity contribution in [2.24, 2.45) is 5.16 Å². The molecule has 1 saturated heterocycles. The molecule has 0 aliphatic carbocycles. The van der Waals surface area contributed by atoms with Gasteiger partial charge in [-0.25, -0.2) is 0 Å². The maximum Gasteiger partial charge on any atom is 0.186 e. The largest absolute Gasteiger partial charge is 0.376 e. The number of oxime groups is 1. The number of hydrogen-bond acceptors (Lipinski definition) is 3. The first kappa shape index (κ1) is 6.16. The van der Waals surface area contributed by atoms with Crippen molar-refractivity contribution < 1.29 is 4.84 Å². The number of nitrogens with zero attached hydrogens (tertiary/aromatic N) is 2. The van der Waals surface area contributed by atoms with Crippen molar-refractivity contribution in [3.63, 3.8) is 0 Å². The minimum Gasteiger partial charge on any atom is -0.376 e. The molecule has 0 N–H and O–H groups in total. The average molecular weight is 140 g/mol. The first-order valence-electron chi connectivity index (χ1n) is 3.88. The summed E-state index contributed by atoms with van der Waals surface area (Å²) in [7, 11) is 0. The summed E-state index contributed by atoms with van der Waals surface area (Å²) >= 11 is 0. The van der Waals surface area contributed by atoms with Gasteiger partial charge in [-0.2, -0.15) is 0 Å². The summed E-state index contributed by atoms with van der Waals surface area (Å²) in [5.74, 6) is 0. The Hall–Kier alpha value is -0.570. The predicted octanol–water partition coefficient (Wildman–Crippen LogP) is 0.814. The third-order valence-electron chi connectivity index (χ3n) is 2.11. The molecule has 1 unspecified atom stereocenters. The fourth-order valence-corrected chi connectivity index (χ4v) is 1.53. The van der Waals surface area contributed by atoms with E-state index in [1.165, 1.54) is 25.9 Å². The smallest absolute Gasteiger partial charge is 0.186 e. The van der Waals surface area contributed by atoms with Crippen LogP contribution in [-0.4, -0.2) is 30.4 Å². The summed E-state index contributed by atoms with van der Waals surface area (Å²) in [6.07, 6.45) is 5.73. The molecule has 10 heavy (non-hydrogen) atoms. The van der Waals surface area contributed by atoms with Gasteiger partial charge in [0.1, 0.15) is 0 Å². The molecule has 0 aromatic carbocycles. The summed E-state index contributed by atoms with van der Waals surface area (Å²) in [6.45, 7) is 2.38. The van der Waals surface area contributed by atoms with Crippen LogP contribution in [0.25, 0.3) is 0 Å². The van der Waals surface area contributed by atoms with Crippen LogP contribution >= 0.6 is 0 Å². The minimum atomic E-state index is 0.266. The van der Waals surface area contributed by atoms with E-state index in [1.807, 2.05) is 6.21 Å². The Morgan fingerprint density at radius 3 is 2.80 bits per heavy atom. The lowest BCUT2D eigenvalue weighted by Gasteiger charge is -2.19. The van der Waals surface area contributed by atoms with Crippen molar-refractivity contribution in [2.45, 2.75) is 25.5 Å². The second-order valence-corrected chi connectivity index (χ2v) is 2.83. The molecule has 0 saturated carbocycles. The Kier molecular flexibility index (Phi) is 1.59. The van der Waals surface area contributed by atoms with Gasteiger partial charge >= 0.3 is 0 Å². The minimum absolute atomic E-state index is 0.266. The van der Waals surface area contributed by atoms with E-state index < -0.39 is 0 Å². The van der Waals surface area contributed by atoms with E-state index >= 15 is 0 Å². The van der Waals surface area contributed by atoms with Crippen LogP contribution in [0.4, 0.5) is 0 Å². The summed E-state index contributed by atoms with van der Waals surface area (Å²) in [6, 6.07) is 0. The third-order valence-corrected chi connectivity index (χ3v) is 2.11. The first-order valence-corrected chi connectivity index (χ1v) is 3.88. The quantitative estimate of drug-likeness (QED) is 0.538. The predicted molar refractivity (Wildman–Crippen MR) is 38.8 cm³/mol. The molecule has 2 aliphatic rings. The first-order chi connectivity index (χ1) is 4.97. The second-order valence-electron chi connectivity index (χ2n) is 2.83. The van der Waals surface area contributed by atoms with Crippen molar-refractivity contribution in [1.82, 2.24) is 4.90 Å². The van der Waals surface area contributed by atoms with E-state index in [1.54, 1.807) is 0 Å². The SMILES string of the molecule is C1=NOC(N2CCCC2)C1. The average Bonchev–Trinajstić information content (AvgIpc) is 2.59. The molecule has 0 amide bonds. The van der Waals surface area contributed by atoms with E-state index in [0.717, 1.165) is 6.42 Å². The van der Waals surface area contributed by atoms with Crippen LogP contribution in [0, 0.1) is 0 Å². The lowest BCUT2D eigenvalue weighted by molar-refractivity contribution is -0.0251. The van der Waals surface area contributed by atoms with Crippen molar-refractivity contribution >= 4 is 6.21 Å². The Bertz CT molecular complexity index is 133. The topological polar surface area (TPSA) is 24.8 Å². The Morgan fingerprint density at radius 1 is 1.40 bits per heavy atom. The van der Waals surface area contributed by atoms with E-state index in [-0.39, 0.29) is 6.23 Å². The summed E-state index contributed by atoms with van der Waals surface area (Å²) in [4.78, 5) is 7.49. The highest BCUT2D eigenvalue weighted by Crippen LogP contribution is 2.16. The molecule has 3 heteroatoms. The van der Waals surface area contributed by atoms with Gasteiger partial charge < -0.3 is 4.84 Å². The van der Waals surface area contributed by atoms with E-state index in [0.29, 0.717) is 0 Å². The standard InChI is InChI=1S/C7H12N2O/c1-2-6-9(5-1)7-3-4-8-10-7/h4,7H,1-3,5-6H2. The van der Waals surface area contributed by atoms with Crippen LogP contribution in [0.2, 0.25) is 0 Å². The van der Waals surface area contributed by atoms with Crippen LogP contribution < -0.4 is 0 Å². The zero-order chi connectivity index (χ0) is 6.81. The zero-order valence-electron chi connectivity index (χ0n) is 5.99. The van der Waals surface area contributed by atoms with Crippen LogP contribution in [0.3, 0.4) is 0 Å². The molecule has 0 aromatic rings. The van der Waals surface area contributed by atoms with Gasteiger partial charge in [0.2, 0.25) is 0 Å². The molecular weight excluding hydrogens is 128 g/mol. The summed E-state index contributed by atoms with van der Waals surface area (Å²) in [5.41, 5.74) is 0. The van der Waals surface area contributed by atoms with Crippen LogP contribution in [0.1, 0.15) is 19.3 Å². The van der Waals surface area contributed by atoms with Gasteiger partial charge in [0.15, 0.2) is 6.23 Å². The van der Waals surface area contributed by atoms with Gasteiger partial charge in [0.05, 0.1) is 0 Å². The summed E-state index contributed by atoms with van der Waals surface area (Å²) in [5, 5.41) is 3.74. The number of hydrogen-bond donors (Lipinski definition) is 0. The Labute approximate surface area is 60.6 Å². The van der Waals surface area contributed by atoms with Crippen molar-refractivity contribution in [1.29, 1.82) is 0 Å². The van der Waals surface area contributed by atoms with Gasteiger partial charge in [0, 0.05) is 25.7 Å². The van der Waals surface area contributed by atoms with Crippen LogP contribution in [-0.2, 0) is 4.84 Å². The maximum atomic E-state index is 5.13. The monoisotopic (exact) mass is 140 g/mol. The van der Waals surface area contributed by atoms with Crippen LogP contribution in [0.15, 0.2) is 5.16 Å². The molecule has 1 atom stereocenters. The third kappa shape index (κ3) is 1.01. The molecule has 2 rings (SSSR count). The molecule has 2 aliphatic heterocycles. The molecule has 0 bridgehead atoms. The molecule has 0 aromatic heterocycles. The zero-order valence-corrected chi connectivity index (χ0v) is 5.99. The van der Waals surface area contributed by atoms with Crippen molar-refractivity contribution in [2.75, 3.05) is 13.1 Å². The maximum absolute atomic E-state index is 5.13. The molecule has 2 heterocycles. The lowest BCUT2D eigenvalue weighted by atomic mass is 10.4. The lowest BCUT2D eigenvalue weighted by Crippen LogP contribution is -2.31. The highest BCUT2D eigenvalue weighted by atomic mass is 16.7. The van der Waals surface area contributed by atoms with Gasteiger partial charge in [-0.05, 0) is 12.8 Å². The molecule has 1 fully saturated rings.